The molecule has 0 bridgehead atoms. The molecule has 0 saturated carbocycles. The number of carbonyl (C=O) groups is 1. The number of nitriles is 1. The van der Waals surface area contributed by atoms with Gasteiger partial charge in [-0.25, -0.2) is 0 Å². The molecular formula is C19H16BNO3. The Hall–Kier alpha value is -2.42. The van der Waals surface area contributed by atoms with Crippen molar-refractivity contribution in [2.75, 3.05) is 0 Å². The maximum atomic E-state index is 12.8. The predicted octanol–water partition coefficient (Wildman–Crippen LogP) is 1.76. The van der Waals surface area contributed by atoms with E-state index in [1.54, 1.807) is 12.1 Å². The zero-order valence-corrected chi connectivity index (χ0v) is 13.2. The summed E-state index contributed by atoms with van der Waals surface area (Å²) in [6.45, 7) is 0.438. The van der Waals surface area contributed by atoms with Crippen molar-refractivity contribution in [2.24, 2.45) is 5.92 Å². The third-order valence-corrected chi connectivity index (χ3v) is 4.99. The van der Waals surface area contributed by atoms with Crippen molar-refractivity contribution in [2.45, 2.75) is 25.9 Å². The lowest BCUT2D eigenvalue weighted by atomic mass is 9.76. The van der Waals surface area contributed by atoms with Crippen LogP contribution in [0.5, 0.6) is 0 Å². The largest absolute Gasteiger partial charge is 0.491 e. The number of benzene rings is 2. The van der Waals surface area contributed by atoms with Gasteiger partial charge in [-0.15, -0.1) is 0 Å². The number of hydrogen-bond acceptors (Lipinski definition) is 4. The predicted molar refractivity (Wildman–Crippen MR) is 89.8 cm³/mol. The van der Waals surface area contributed by atoms with Crippen LogP contribution in [-0.2, 0) is 24.1 Å². The number of fused-ring (bicyclic) bond motifs is 2. The van der Waals surface area contributed by atoms with E-state index < -0.39 is 7.12 Å². The molecule has 1 aliphatic heterocycles. The van der Waals surface area contributed by atoms with Gasteiger partial charge in [0.05, 0.1) is 18.2 Å². The maximum Gasteiger partial charge on any atom is 0.491 e. The van der Waals surface area contributed by atoms with Crippen LogP contribution < -0.4 is 5.46 Å². The van der Waals surface area contributed by atoms with Crippen molar-refractivity contribution in [3.8, 4) is 6.07 Å². The van der Waals surface area contributed by atoms with Gasteiger partial charge in [0.1, 0.15) is 0 Å². The monoisotopic (exact) mass is 317 g/mol. The van der Waals surface area contributed by atoms with Crippen molar-refractivity contribution in [1.82, 2.24) is 0 Å². The lowest BCUT2D eigenvalue weighted by molar-refractivity contribution is 0.0901. The first-order valence-electron chi connectivity index (χ1n) is 8.14. The molecule has 2 aromatic carbocycles. The van der Waals surface area contributed by atoms with Crippen LogP contribution >= 0.6 is 0 Å². The van der Waals surface area contributed by atoms with Crippen molar-refractivity contribution < 1.29 is 14.5 Å². The Morgan fingerprint density at radius 3 is 2.96 bits per heavy atom. The van der Waals surface area contributed by atoms with E-state index in [0.29, 0.717) is 18.6 Å². The fourth-order valence-corrected chi connectivity index (χ4v) is 3.66. The molecule has 0 spiro atoms. The molecular weight excluding hydrogens is 301 g/mol. The zero-order chi connectivity index (χ0) is 16.7. The molecule has 118 valence electrons. The van der Waals surface area contributed by atoms with Crippen molar-refractivity contribution in [3.63, 3.8) is 0 Å². The van der Waals surface area contributed by atoms with E-state index in [-0.39, 0.29) is 11.7 Å². The first-order chi connectivity index (χ1) is 11.7. The van der Waals surface area contributed by atoms with Gasteiger partial charge in [-0.05, 0) is 59.6 Å². The molecule has 2 aliphatic rings. The molecule has 2 aromatic rings. The highest BCUT2D eigenvalue weighted by Crippen LogP contribution is 2.29. The zero-order valence-electron chi connectivity index (χ0n) is 13.2. The summed E-state index contributed by atoms with van der Waals surface area (Å²) in [6.07, 6.45) is 2.27. The van der Waals surface area contributed by atoms with Gasteiger partial charge >= 0.3 is 7.12 Å². The third-order valence-electron chi connectivity index (χ3n) is 4.99. The van der Waals surface area contributed by atoms with E-state index in [1.165, 1.54) is 0 Å². The quantitative estimate of drug-likeness (QED) is 0.857. The standard InChI is InChI=1S/C19H16BNO3/c21-10-13-2-6-17-14(8-13)4-5-15(19(17)22)7-12-1-3-16-11-24-20(23)18(16)9-12/h1-3,6,8-9,15,23H,4-5,7,11H2. The van der Waals surface area contributed by atoms with Gasteiger partial charge < -0.3 is 9.68 Å². The molecule has 1 atom stereocenters. The van der Waals surface area contributed by atoms with Crippen molar-refractivity contribution in [1.29, 1.82) is 5.26 Å². The van der Waals surface area contributed by atoms with Crippen LogP contribution in [0.25, 0.3) is 0 Å². The summed E-state index contributed by atoms with van der Waals surface area (Å²) in [4.78, 5) is 12.8. The second-order valence-corrected chi connectivity index (χ2v) is 6.48. The summed E-state index contributed by atoms with van der Waals surface area (Å²) in [5, 5.41) is 18.8. The molecule has 4 nitrogen and oxygen atoms in total. The fraction of sp³-hybridized carbons (Fsp3) is 0.263. The summed E-state index contributed by atoms with van der Waals surface area (Å²) in [5.74, 6) is 0.0981. The summed E-state index contributed by atoms with van der Waals surface area (Å²) in [6, 6.07) is 13.4. The van der Waals surface area contributed by atoms with Crippen LogP contribution in [0.15, 0.2) is 36.4 Å². The first-order valence-corrected chi connectivity index (χ1v) is 8.14. The molecule has 1 aliphatic carbocycles. The molecule has 1 unspecified atom stereocenters. The highest BCUT2D eigenvalue weighted by Gasteiger charge is 2.30. The van der Waals surface area contributed by atoms with E-state index in [1.807, 2.05) is 24.3 Å². The van der Waals surface area contributed by atoms with Crippen LogP contribution in [0.2, 0.25) is 0 Å². The van der Waals surface area contributed by atoms with Gasteiger partial charge in [-0.3, -0.25) is 4.79 Å². The second-order valence-electron chi connectivity index (χ2n) is 6.48. The van der Waals surface area contributed by atoms with Gasteiger partial charge in [-0.2, -0.15) is 5.26 Å². The van der Waals surface area contributed by atoms with Crippen molar-refractivity contribution >= 4 is 18.4 Å². The van der Waals surface area contributed by atoms with E-state index >= 15 is 0 Å². The number of rotatable bonds is 2. The SMILES string of the molecule is N#Cc1ccc2c(c1)CCC(Cc1ccc3c(c1)B(O)OC3)C2=O. The molecule has 0 saturated heterocycles. The highest BCUT2D eigenvalue weighted by molar-refractivity contribution is 6.61. The molecule has 0 amide bonds. The van der Waals surface area contributed by atoms with E-state index in [9.17, 15) is 9.82 Å². The second kappa shape index (κ2) is 5.90. The van der Waals surface area contributed by atoms with Gasteiger partial charge in [0.2, 0.25) is 0 Å². The molecule has 0 fully saturated rings. The number of carbonyl (C=O) groups excluding carboxylic acids is 1. The van der Waals surface area contributed by atoms with E-state index in [0.717, 1.165) is 40.6 Å². The van der Waals surface area contributed by atoms with Crippen LogP contribution in [0.1, 0.15) is 39.0 Å². The summed E-state index contributed by atoms with van der Waals surface area (Å²) >= 11 is 0. The molecule has 24 heavy (non-hydrogen) atoms. The first kappa shape index (κ1) is 15.1. The highest BCUT2D eigenvalue weighted by atomic mass is 16.5. The molecule has 1 N–H and O–H groups in total. The number of nitrogens with zero attached hydrogens (tertiary/aromatic N) is 1. The summed E-state index contributed by atoms with van der Waals surface area (Å²) < 4.78 is 5.22. The fourth-order valence-electron chi connectivity index (χ4n) is 3.66. The molecule has 1 heterocycles. The summed E-state index contributed by atoms with van der Waals surface area (Å²) in [7, 11) is -0.855. The average molecular weight is 317 g/mol. The normalized spacial score (nSPS) is 18.9. The molecule has 0 radical (unpaired) electrons. The molecule has 4 rings (SSSR count). The number of aryl methyl sites for hydroxylation is 1. The van der Waals surface area contributed by atoms with Crippen molar-refractivity contribution in [3.05, 3.63) is 64.2 Å². The Morgan fingerprint density at radius 1 is 1.25 bits per heavy atom. The Balaban J connectivity index is 1.57. The third kappa shape index (κ3) is 2.54. The van der Waals surface area contributed by atoms with E-state index in [2.05, 4.69) is 6.07 Å². The van der Waals surface area contributed by atoms with Gasteiger partial charge in [0.25, 0.3) is 0 Å². The maximum absolute atomic E-state index is 12.8. The minimum atomic E-state index is -0.855. The number of Topliss-reactive ketones (excluding diaryl/α,β-unsaturated/α-hetero) is 1. The lowest BCUT2D eigenvalue weighted by Crippen LogP contribution is -2.29. The van der Waals surface area contributed by atoms with Gasteiger partial charge in [0.15, 0.2) is 5.78 Å². The number of hydrogen-bond donors (Lipinski definition) is 1. The smallest absolute Gasteiger partial charge is 0.423 e. The Labute approximate surface area is 140 Å². The average Bonchev–Trinajstić information content (AvgIpc) is 2.98. The minimum absolute atomic E-state index is 0.0528. The Kier molecular flexibility index (Phi) is 3.72. The van der Waals surface area contributed by atoms with Crippen LogP contribution in [0, 0.1) is 17.2 Å². The van der Waals surface area contributed by atoms with E-state index in [4.69, 9.17) is 9.92 Å². The molecule has 0 aromatic heterocycles. The Bertz CT molecular complexity index is 871. The molecule has 5 heteroatoms. The van der Waals surface area contributed by atoms with Crippen LogP contribution in [0.3, 0.4) is 0 Å². The van der Waals surface area contributed by atoms with Gasteiger partial charge in [0, 0.05) is 11.5 Å². The Morgan fingerprint density at radius 2 is 2.12 bits per heavy atom. The topological polar surface area (TPSA) is 70.3 Å². The minimum Gasteiger partial charge on any atom is -0.423 e. The lowest BCUT2D eigenvalue weighted by Gasteiger charge is -2.23. The van der Waals surface area contributed by atoms with Crippen LogP contribution in [-0.4, -0.2) is 17.9 Å². The number of ketones is 1. The summed E-state index contributed by atoms with van der Waals surface area (Å²) in [5.41, 5.74) is 5.20. The van der Waals surface area contributed by atoms with Gasteiger partial charge in [-0.1, -0.05) is 18.2 Å². The van der Waals surface area contributed by atoms with Crippen LogP contribution in [0.4, 0.5) is 0 Å².